The summed E-state index contributed by atoms with van der Waals surface area (Å²) < 4.78 is 0. The molecule has 3 N–H and O–H groups in total. The summed E-state index contributed by atoms with van der Waals surface area (Å²) in [7, 11) is 0. The van der Waals surface area contributed by atoms with E-state index < -0.39 is 0 Å². The third-order valence-electron chi connectivity index (χ3n) is 2.80. The summed E-state index contributed by atoms with van der Waals surface area (Å²) in [6.07, 6.45) is 0. The van der Waals surface area contributed by atoms with Crippen molar-refractivity contribution in [2.45, 2.75) is 33.7 Å². The van der Waals surface area contributed by atoms with Gasteiger partial charge in [-0.3, -0.25) is 9.78 Å². The average Bonchev–Trinajstić information content (AvgIpc) is 2.34. The molecule has 0 saturated carbocycles. The van der Waals surface area contributed by atoms with Crippen molar-refractivity contribution in [2.75, 3.05) is 6.54 Å². The number of hydrogen-bond acceptors (Lipinski definition) is 4. The fourth-order valence-electron chi connectivity index (χ4n) is 1.76. The predicted molar refractivity (Wildman–Crippen MR) is 73.3 cm³/mol. The van der Waals surface area contributed by atoms with Crippen LogP contribution in [0.2, 0.25) is 0 Å². The fourth-order valence-corrected chi connectivity index (χ4v) is 1.76. The Morgan fingerprint density at radius 3 is 2.58 bits per heavy atom. The molecule has 0 unspecified atom stereocenters. The Balaban J connectivity index is 3.06. The van der Waals surface area contributed by atoms with Gasteiger partial charge in [-0.25, -0.2) is 0 Å². The van der Waals surface area contributed by atoms with Crippen LogP contribution in [0.1, 0.15) is 35.6 Å². The molecule has 1 aromatic rings. The molecule has 1 rings (SSSR count). The second kappa shape index (κ2) is 6.17. The summed E-state index contributed by atoms with van der Waals surface area (Å²) in [5.74, 6) is -0.175. The van der Waals surface area contributed by atoms with Crippen molar-refractivity contribution in [1.82, 2.24) is 9.88 Å². The first-order valence-corrected chi connectivity index (χ1v) is 6.08. The van der Waals surface area contributed by atoms with Crippen molar-refractivity contribution in [3.05, 3.63) is 29.1 Å². The number of amides is 1. The molecule has 0 fully saturated rings. The number of pyridine rings is 1. The van der Waals surface area contributed by atoms with E-state index in [0.29, 0.717) is 11.3 Å². The number of rotatable bonds is 4. The van der Waals surface area contributed by atoms with Gasteiger partial charge in [-0.15, -0.1) is 0 Å². The Bertz CT molecular complexity index is 497. The molecule has 0 atom stereocenters. The summed E-state index contributed by atoms with van der Waals surface area (Å²) in [6, 6.07) is 3.48. The highest BCUT2D eigenvalue weighted by atomic mass is 16.4. The van der Waals surface area contributed by atoms with E-state index in [0.717, 1.165) is 5.69 Å². The van der Waals surface area contributed by atoms with E-state index in [1.807, 2.05) is 20.8 Å². The normalized spacial score (nSPS) is 11.7. The Morgan fingerprint density at radius 2 is 2.11 bits per heavy atom. The van der Waals surface area contributed by atoms with Crippen LogP contribution in [0.15, 0.2) is 17.3 Å². The second-order valence-electron chi connectivity index (χ2n) is 4.70. The molecule has 6 heteroatoms. The van der Waals surface area contributed by atoms with Crippen LogP contribution in [0.4, 0.5) is 0 Å². The first-order valence-electron chi connectivity index (χ1n) is 6.08. The fraction of sp³-hybridized carbons (Fsp3) is 0.462. The first kappa shape index (κ1) is 14.9. The van der Waals surface area contributed by atoms with Gasteiger partial charge in [0, 0.05) is 11.7 Å². The maximum Gasteiger partial charge on any atom is 0.256 e. The molecule has 0 spiro atoms. The average molecular weight is 264 g/mol. The van der Waals surface area contributed by atoms with Gasteiger partial charge in [0.1, 0.15) is 0 Å². The van der Waals surface area contributed by atoms with Crippen molar-refractivity contribution in [3.8, 4) is 0 Å². The molecule has 6 nitrogen and oxygen atoms in total. The van der Waals surface area contributed by atoms with Crippen LogP contribution in [-0.2, 0) is 0 Å². The van der Waals surface area contributed by atoms with Gasteiger partial charge in [0.2, 0.25) is 0 Å². The SMILES string of the molecule is Cc1ccc(C(=O)N(CC(N)=NO)C(C)C)c(C)n1. The van der Waals surface area contributed by atoms with Gasteiger partial charge in [-0.2, -0.15) is 0 Å². The summed E-state index contributed by atoms with van der Waals surface area (Å²) in [6.45, 7) is 7.50. The third kappa shape index (κ3) is 3.67. The highest BCUT2D eigenvalue weighted by molar-refractivity contribution is 5.98. The molecule has 1 aromatic heterocycles. The highest BCUT2D eigenvalue weighted by Gasteiger charge is 2.21. The van der Waals surface area contributed by atoms with Crippen molar-refractivity contribution in [1.29, 1.82) is 0 Å². The van der Waals surface area contributed by atoms with E-state index in [-0.39, 0.29) is 24.3 Å². The van der Waals surface area contributed by atoms with E-state index in [2.05, 4.69) is 10.1 Å². The molecule has 0 aromatic carbocycles. The molecule has 0 radical (unpaired) electrons. The number of carbonyl (C=O) groups is 1. The molecule has 0 bridgehead atoms. The Labute approximate surface area is 112 Å². The molecule has 1 heterocycles. The number of aryl methyl sites for hydroxylation is 2. The Kier molecular flexibility index (Phi) is 4.86. The van der Waals surface area contributed by atoms with Gasteiger partial charge in [0.05, 0.1) is 17.8 Å². The number of aromatic nitrogens is 1. The van der Waals surface area contributed by atoms with Crippen LogP contribution >= 0.6 is 0 Å². The van der Waals surface area contributed by atoms with Crippen molar-refractivity contribution < 1.29 is 10.0 Å². The Morgan fingerprint density at radius 1 is 1.47 bits per heavy atom. The number of nitrogens with two attached hydrogens (primary N) is 1. The predicted octanol–water partition coefficient (Wildman–Crippen LogP) is 1.30. The second-order valence-corrected chi connectivity index (χ2v) is 4.70. The topological polar surface area (TPSA) is 91.8 Å². The molecule has 19 heavy (non-hydrogen) atoms. The van der Waals surface area contributed by atoms with Crippen LogP contribution in [0.5, 0.6) is 0 Å². The van der Waals surface area contributed by atoms with Gasteiger partial charge in [0.25, 0.3) is 5.91 Å². The zero-order chi connectivity index (χ0) is 14.6. The highest BCUT2D eigenvalue weighted by Crippen LogP contribution is 2.12. The summed E-state index contributed by atoms with van der Waals surface area (Å²) in [4.78, 5) is 18.3. The molecule has 0 saturated heterocycles. The minimum absolute atomic E-state index is 0.000209. The van der Waals surface area contributed by atoms with E-state index >= 15 is 0 Å². The van der Waals surface area contributed by atoms with Gasteiger partial charge >= 0.3 is 0 Å². The number of oxime groups is 1. The number of hydrogen-bond donors (Lipinski definition) is 2. The number of carbonyl (C=O) groups excluding carboxylic acids is 1. The monoisotopic (exact) mass is 264 g/mol. The third-order valence-corrected chi connectivity index (χ3v) is 2.80. The molecular formula is C13H20N4O2. The van der Waals surface area contributed by atoms with Crippen molar-refractivity contribution >= 4 is 11.7 Å². The van der Waals surface area contributed by atoms with Crippen LogP contribution in [0.25, 0.3) is 0 Å². The zero-order valence-electron chi connectivity index (χ0n) is 11.7. The molecule has 1 amide bonds. The zero-order valence-corrected chi connectivity index (χ0v) is 11.7. The van der Waals surface area contributed by atoms with E-state index in [4.69, 9.17) is 10.9 Å². The van der Waals surface area contributed by atoms with Gasteiger partial charge < -0.3 is 15.8 Å². The lowest BCUT2D eigenvalue weighted by molar-refractivity contribution is 0.0733. The summed E-state index contributed by atoms with van der Waals surface area (Å²) in [5, 5.41) is 11.5. The lowest BCUT2D eigenvalue weighted by Gasteiger charge is -2.26. The van der Waals surface area contributed by atoms with Gasteiger partial charge in [-0.05, 0) is 39.8 Å². The quantitative estimate of drug-likeness (QED) is 0.371. The van der Waals surface area contributed by atoms with Crippen LogP contribution in [0, 0.1) is 13.8 Å². The maximum atomic E-state index is 12.5. The van der Waals surface area contributed by atoms with E-state index in [1.165, 1.54) is 4.90 Å². The summed E-state index contributed by atoms with van der Waals surface area (Å²) >= 11 is 0. The van der Waals surface area contributed by atoms with Crippen molar-refractivity contribution in [2.24, 2.45) is 10.9 Å². The van der Waals surface area contributed by atoms with Crippen LogP contribution in [-0.4, -0.2) is 39.4 Å². The van der Waals surface area contributed by atoms with E-state index in [9.17, 15) is 4.79 Å². The lowest BCUT2D eigenvalue weighted by atomic mass is 10.1. The number of amidine groups is 1. The van der Waals surface area contributed by atoms with Crippen molar-refractivity contribution in [3.63, 3.8) is 0 Å². The van der Waals surface area contributed by atoms with Gasteiger partial charge in [-0.1, -0.05) is 5.16 Å². The maximum absolute atomic E-state index is 12.5. The largest absolute Gasteiger partial charge is 0.409 e. The minimum Gasteiger partial charge on any atom is -0.409 e. The smallest absolute Gasteiger partial charge is 0.256 e. The molecular weight excluding hydrogens is 244 g/mol. The van der Waals surface area contributed by atoms with E-state index in [1.54, 1.807) is 19.1 Å². The molecule has 0 aliphatic heterocycles. The van der Waals surface area contributed by atoms with Crippen LogP contribution < -0.4 is 5.73 Å². The molecule has 0 aliphatic carbocycles. The standard InChI is InChI=1S/C13H20N4O2/c1-8(2)17(7-12(14)16-19)13(18)11-6-5-9(3)15-10(11)4/h5-6,8,19H,7H2,1-4H3,(H2,14,16). The molecule has 0 aliphatic rings. The minimum atomic E-state index is -0.174. The molecule has 104 valence electrons. The van der Waals surface area contributed by atoms with Gasteiger partial charge in [0.15, 0.2) is 5.84 Å². The first-order chi connectivity index (χ1) is 8.86. The Hall–Kier alpha value is -2.11. The van der Waals surface area contributed by atoms with Crippen LogP contribution in [0.3, 0.4) is 0 Å². The lowest BCUT2D eigenvalue weighted by Crippen LogP contribution is -2.43. The summed E-state index contributed by atoms with van der Waals surface area (Å²) in [5.41, 5.74) is 7.55. The number of nitrogens with zero attached hydrogens (tertiary/aromatic N) is 3.